The first-order valence-corrected chi connectivity index (χ1v) is 5.96. The van der Waals surface area contributed by atoms with Gasteiger partial charge in [0.2, 0.25) is 0 Å². The van der Waals surface area contributed by atoms with E-state index in [1.165, 1.54) is 12.8 Å². The summed E-state index contributed by atoms with van der Waals surface area (Å²) in [7, 11) is 0. The lowest BCUT2D eigenvalue weighted by molar-refractivity contribution is 0.824. The van der Waals surface area contributed by atoms with Gasteiger partial charge < -0.3 is 0 Å². The second-order valence-electron chi connectivity index (χ2n) is 3.98. The number of hydrogen-bond acceptors (Lipinski definition) is 0. The van der Waals surface area contributed by atoms with E-state index in [0.29, 0.717) is 0 Å². The normalized spacial score (nSPS) is 10.2. The van der Waals surface area contributed by atoms with Gasteiger partial charge in [0, 0.05) is 0 Å². The van der Waals surface area contributed by atoms with E-state index < -0.39 is 0 Å². The zero-order chi connectivity index (χ0) is 12.2. The Labute approximate surface area is 101 Å². The van der Waals surface area contributed by atoms with Crippen molar-refractivity contribution < 1.29 is 0 Å². The lowest BCUT2D eigenvalue weighted by Gasteiger charge is -1.97. The van der Waals surface area contributed by atoms with Crippen molar-refractivity contribution in [3.8, 4) is 0 Å². The molecule has 0 radical (unpaired) electrons. The fraction of sp³-hybridized carbons (Fsp3) is 0.375. The van der Waals surface area contributed by atoms with Gasteiger partial charge in [-0.15, -0.1) is 0 Å². The van der Waals surface area contributed by atoms with Gasteiger partial charge in [0.05, 0.1) is 0 Å². The number of rotatable bonds is 10. The molecule has 0 aliphatic heterocycles. The van der Waals surface area contributed by atoms with Gasteiger partial charge in [0.15, 0.2) is 0 Å². The minimum atomic E-state index is 1.06. The summed E-state index contributed by atoms with van der Waals surface area (Å²) in [6.07, 6.45) is 14.9. The van der Waals surface area contributed by atoms with Gasteiger partial charge in [-0.3, -0.25) is 0 Å². The molecule has 0 unspecified atom stereocenters. The summed E-state index contributed by atoms with van der Waals surface area (Å²) >= 11 is 0. The Kier molecular flexibility index (Phi) is 9.39. The molecule has 16 heavy (non-hydrogen) atoms. The van der Waals surface area contributed by atoms with Gasteiger partial charge in [-0.05, 0) is 38.5 Å². The first kappa shape index (κ1) is 14.7. The lowest BCUT2D eigenvalue weighted by atomic mass is 10.1. The van der Waals surface area contributed by atoms with Gasteiger partial charge in [-0.25, -0.2) is 0 Å². The molecular formula is C16H24. The van der Waals surface area contributed by atoms with Gasteiger partial charge in [-0.2, -0.15) is 0 Å². The molecule has 0 bridgehead atoms. The maximum Gasteiger partial charge on any atom is -0.0282 e. The molecule has 0 heteroatoms. The van der Waals surface area contributed by atoms with Crippen molar-refractivity contribution in [2.45, 2.75) is 38.5 Å². The van der Waals surface area contributed by atoms with Crippen LogP contribution in [-0.2, 0) is 0 Å². The summed E-state index contributed by atoms with van der Waals surface area (Å²) < 4.78 is 0. The Hall–Kier alpha value is -1.30. The molecule has 0 rings (SSSR count). The van der Waals surface area contributed by atoms with Crippen LogP contribution in [0.25, 0.3) is 0 Å². The molecule has 0 aromatic carbocycles. The van der Waals surface area contributed by atoms with Crippen molar-refractivity contribution in [1.29, 1.82) is 0 Å². The maximum absolute atomic E-state index is 3.89. The second-order valence-corrected chi connectivity index (χ2v) is 3.98. The predicted molar refractivity (Wildman–Crippen MR) is 75.5 cm³/mol. The zero-order valence-corrected chi connectivity index (χ0v) is 10.4. The van der Waals surface area contributed by atoms with E-state index in [1.807, 2.05) is 12.2 Å². The van der Waals surface area contributed by atoms with Gasteiger partial charge >= 0.3 is 0 Å². The molecule has 0 aromatic rings. The monoisotopic (exact) mass is 216 g/mol. The van der Waals surface area contributed by atoms with Crippen LogP contribution in [0.3, 0.4) is 0 Å². The Bertz CT molecular complexity index is 238. The van der Waals surface area contributed by atoms with E-state index in [9.17, 15) is 0 Å². The molecule has 0 atom stereocenters. The first-order chi connectivity index (χ1) is 7.70. The first-order valence-electron chi connectivity index (χ1n) is 5.96. The highest BCUT2D eigenvalue weighted by molar-refractivity contribution is 5.11. The molecule has 0 aliphatic rings. The lowest BCUT2D eigenvalue weighted by Crippen LogP contribution is -1.77. The quantitative estimate of drug-likeness (QED) is 0.262. The smallest absolute Gasteiger partial charge is 0.0282 e. The van der Waals surface area contributed by atoms with E-state index >= 15 is 0 Å². The fourth-order valence-corrected chi connectivity index (χ4v) is 1.33. The molecule has 88 valence electrons. The highest BCUT2D eigenvalue weighted by atomic mass is 13.9. The summed E-state index contributed by atoms with van der Waals surface area (Å²) in [6, 6.07) is 0. The molecule has 0 nitrogen and oxygen atoms in total. The van der Waals surface area contributed by atoms with E-state index in [4.69, 9.17) is 0 Å². The maximum atomic E-state index is 3.89. The van der Waals surface area contributed by atoms with Crippen molar-refractivity contribution in [3.05, 3.63) is 61.8 Å². The minimum Gasteiger partial charge on any atom is -0.0988 e. The van der Waals surface area contributed by atoms with Crippen molar-refractivity contribution in [2.75, 3.05) is 0 Å². The molecule has 0 aromatic heterocycles. The van der Waals surface area contributed by atoms with Crippen LogP contribution in [0.2, 0.25) is 0 Å². The summed E-state index contributed by atoms with van der Waals surface area (Å²) in [5, 5.41) is 0. The van der Waals surface area contributed by atoms with Crippen LogP contribution in [-0.4, -0.2) is 0 Å². The third-order valence-electron chi connectivity index (χ3n) is 2.48. The Balaban J connectivity index is 3.35. The van der Waals surface area contributed by atoms with Crippen molar-refractivity contribution in [2.24, 2.45) is 0 Å². The molecule has 0 saturated heterocycles. The van der Waals surface area contributed by atoms with Crippen LogP contribution in [0.5, 0.6) is 0 Å². The number of unbranched alkanes of at least 4 members (excludes halogenated alkanes) is 2. The van der Waals surface area contributed by atoms with E-state index in [2.05, 4.69) is 38.5 Å². The van der Waals surface area contributed by atoms with E-state index in [-0.39, 0.29) is 0 Å². The van der Waals surface area contributed by atoms with Crippen LogP contribution in [0, 0.1) is 0 Å². The van der Waals surface area contributed by atoms with Gasteiger partial charge in [0.1, 0.15) is 0 Å². The van der Waals surface area contributed by atoms with Gasteiger partial charge in [0.25, 0.3) is 0 Å². The van der Waals surface area contributed by atoms with Crippen LogP contribution >= 0.6 is 0 Å². The SMILES string of the molecule is C=CC(=C)CCCC=CCCCC(=C)C=C. The molecule has 0 aliphatic carbocycles. The van der Waals surface area contributed by atoms with E-state index in [1.54, 1.807) is 0 Å². The summed E-state index contributed by atoms with van der Waals surface area (Å²) in [6.45, 7) is 15.2. The standard InChI is InChI=1S/C16H24/c1-5-15(3)13-11-9-7-8-10-12-14-16(4)6-2/h5-8H,1-4,9-14H2. The van der Waals surface area contributed by atoms with Crippen molar-refractivity contribution >= 4 is 0 Å². The predicted octanol–water partition coefficient (Wildman–Crippen LogP) is 5.37. The van der Waals surface area contributed by atoms with E-state index in [0.717, 1.165) is 36.8 Å². The Morgan fingerprint density at radius 3 is 1.44 bits per heavy atom. The summed E-state index contributed by atoms with van der Waals surface area (Å²) in [5.41, 5.74) is 2.27. The third kappa shape index (κ3) is 9.26. The molecule has 0 spiro atoms. The van der Waals surface area contributed by atoms with Crippen LogP contribution in [0.15, 0.2) is 61.8 Å². The molecule has 0 heterocycles. The van der Waals surface area contributed by atoms with Crippen LogP contribution in [0.1, 0.15) is 38.5 Å². The topological polar surface area (TPSA) is 0 Å². The molecule has 0 fully saturated rings. The Morgan fingerprint density at radius 2 is 1.12 bits per heavy atom. The average Bonchev–Trinajstić information content (AvgIpc) is 2.31. The summed E-state index contributed by atoms with van der Waals surface area (Å²) in [5.74, 6) is 0. The highest BCUT2D eigenvalue weighted by Gasteiger charge is 1.88. The van der Waals surface area contributed by atoms with Crippen molar-refractivity contribution in [3.63, 3.8) is 0 Å². The average molecular weight is 216 g/mol. The highest BCUT2D eigenvalue weighted by Crippen LogP contribution is 2.08. The Morgan fingerprint density at radius 1 is 0.750 bits per heavy atom. The molecule has 0 saturated carbocycles. The van der Waals surface area contributed by atoms with Crippen LogP contribution in [0.4, 0.5) is 0 Å². The fourth-order valence-electron chi connectivity index (χ4n) is 1.33. The van der Waals surface area contributed by atoms with Gasteiger partial charge in [-0.1, -0.05) is 61.8 Å². The largest absolute Gasteiger partial charge is 0.0988 e. The third-order valence-corrected chi connectivity index (χ3v) is 2.48. The minimum absolute atomic E-state index is 1.06. The van der Waals surface area contributed by atoms with Crippen molar-refractivity contribution in [1.82, 2.24) is 0 Å². The molecule has 0 amide bonds. The molecular weight excluding hydrogens is 192 g/mol. The number of allylic oxidation sites excluding steroid dienone is 6. The van der Waals surface area contributed by atoms with Crippen LogP contribution < -0.4 is 0 Å². The second kappa shape index (κ2) is 10.2. The summed E-state index contributed by atoms with van der Waals surface area (Å²) in [4.78, 5) is 0. The zero-order valence-electron chi connectivity index (χ0n) is 10.4. The molecule has 0 N–H and O–H groups in total. The number of hydrogen-bond donors (Lipinski definition) is 0.